The van der Waals surface area contributed by atoms with E-state index in [2.05, 4.69) is 20.8 Å². The summed E-state index contributed by atoms with van der Waals surface area (Å²) in [4.78, 5) is 25.0. The first-order valence-corrected chi connectivity index (χ1v) is 10.8. The van der Waals surface area contributed by atoms with Crippen LogP contribution in [0.4, 0.5) is 15.8 Å². The Morgan fingerprint density at radius 1 is 1.00 bits per heavy atom. The molecule has 162 valence electrons. The lowest BCUT2D eigenvalue weighted by Crippen LogP contribution is -2.16. The van der Waals surface area contributed by atoms with Gasteiger partial charge in [-0.25, -0.2) is 4.39 Å². The number of pyridine rings is 1. The van der Waals surface area contributed by atoms with E-state index < -0.39 is 11.7 Å². The molecule has 7 nitrogen and oxygen atoms in total. The molecule has 0 unspecified atom stereocenters. The zero-order chi connectivity index (χ0) is 22.7. The second-order valence-electron chi connectivity index (χ2n) is 7.20. The van der Waals surface area contributed by atoms with Crippen LogP contribution in [0.2, 0.25) is 0 Å². The van der Waals surface area contributed by atoms with Gasteiger partial charge in [0.2, 0.25) is 5.91 Å². The topological polar surface area (TPSA) is 88.4 Å². The van der Waals surface area contributed by atoms with Crippen LogP contribution in [0.5, 0.6) is 0 Å². The molecule has 2 aromatic carbocycles. The third-order valence-electron chi connectivity index (χ3n) is 4.79. The van der Waals surface area contributed by atoms with Gasteiger partial charge in [-0.15, -0.1) is 10.2 Å². The largest absolute Gasteiger partial charge is 0.325 e. The Hall–Kier alpha value is -3.72. The van der Waals surface area contributed by atoms with Crippen LogP contribution < -0.4 is 10.6 Å². The average molecular weight is 450 g/mol. The number of rotatable bonds is 6. The molecule has 0 aliphatic carbocycles. The summed E-state index contributed by atoms with van der Waals surface area (Å²) < 4.78 is 15.0. The summed E-state index contributed by atoms with van der Waals surface area (Å²) in [5.41, 5.74) is 4.04. The fraction of sp³-hybridized carbons (Fsp3) is 0.130. The molecule has 0 aliphatic heterocycles. The normalized spacial score (nSPS) is 10.8. The first-order chi connectivity index (χ1) is 15.4. The molecule has 0 saturated heterocycles. The van der Waals surface area contributed by atoms with E-state index in [4.69, 9.17) is 0 Å². The summed E-state index contributed by atoms with van der Waals surface area (Å²) in [6.45, 7) is 3.89. The van der Waals surface area contributed by atoms with Crippen molar-refractivity contribution in [3.05, 3.63) is 83.3 Å². The van der Waals surface area contributed by atoms with Gasteiger partial charge in [0, 0.05) is 17.6 Å². The highest BCUT2D eigenvalue weighted by Gasteiger charge is 2.14. The van der Waals surface area contributed by atoms with Crippen LogP contribution in [-0.2, 0) is 4.79 Å². The number of nitrogens with one attached hydrogen (secondary N) is 2. The molecule has 0 atom stereocenters. The number of aromatic nitrogens is 3. The minimum absolute atomic E-state index is 0.133. The Labute approximate surface area is 188 Å². The zero-order valence-corrected chi connectivity index (χ0v) is 18.2. The lowest BCUT2D eigenvalue weighted by atomic mass is 10.1. The molecule has 0 fully saturated rings. The lowest BCUT2D eigenvalue weighted by Gasteiger charge is -2.11. The van der Waals surface area contributed by atoms with Gasteiger partial charge in [0.1, 0.15) is 5.82 Å². The van der Waals surface area contributed by atoms with Crippen LogP contribution in [0.1, 0.15) is 21.5 Å². The molecule has 0 bridgehead atoms. The highest BCUT2D eigenvalue weighted by Crippen LogP contribution is 2.22. The molecule has 2 aromatic heterocycles. The van der Waals surface area contributed by atoms with Crippen LogP contribution in [0, 0.1) is 19.7 Å². The molecule has 0 saturated carbocycles. The molecule has 0 spiro atoms. The van der Waals surface area contributed by atoms with E-state index in [9.17, 15) is 14.0 Å². The van der Waals surface area contributed by atoms with Crippen molar-refractivity contribution in [2.24, 2.45) is 0 Å². The molecule has 4 rings (SSSR count). The minimum atomic E-state index is -0.435. The van der Waals surface area contributed by atoms with Crippen LogP contribution >= 0.6 is 11.8 Å². The minimum Gasteiger partial charge on any atom is -0.325 e. The number of halogens is 1. The van der Waals surface area contributed by atoms with E-state index in [0.717, 1.165) is 16.8 Å². The number of benzene rings is 2. The standard InChI is InChI=1S/C23H20FN5O2S/c1-14-5-3-6-15(2)21(14)26-20(30)13-32-23-28-27-19-10-9-16(12-29(19)23)22(31)25-18-8-4-7-17(24)11-18/h3-12H,13H2,1-2H3,(H,25,31)(H,26,30). The lowest BCUT2D eigenvalue weighted by molar-refractivity contribution is -0.113. The van der Waals surface area contributed by atoms with Crippen molar-refractivity contribution in [1.29, 1.82) is 0 Å². The summed E-state index contributed by atoms with van der Waals surface area (Å²) in [7, 11) is 0. The van der Waals surface area contributed by atoms with E-state index in [-0.39, 0.29) is 11.7 Å². The zero-order valence-electron chi connectivity index (χ0n) is 17.4. The maximum absolute atomic E-state index is 13.4. The molecular weight excluding hydrogens is 429 g/mol. The Morgan fingerprint density at radius 2 is 1.75 bits per heavy atom. The van der Waals surface area contributed by atoms with Gasteiger partial charge >= 0.3 is 0 Å². The molecule has 2 amide bonds. The smallest absolute Gasteiger partial charge is 0.257 e. The van der Waals surface area contributed by atoms with Gasteiger partial charge in [-0.1, -0.05) is 36.0 Å². The predicted octanol–water partition coefficient (Wildman–Crippen LogP) is 4.47. The molecule has 9 heteroatoms. The van der Waals surface area contributed by atoms with Crippen LogP contribution in [0.25, 0.3) is 5.65 Å². The monoisotopic (exact) mass is 449 g/mol. The SMILES string of the molecule is Cc1cccc(C)c1NC(=O)CSc1nnc2ccc(C(=O)Nc3cccc(F)c3)cn12. The van der Waals surface area contributed by atoms with E-state index in [1.165, 1.54) is 30.0 Å². The number of para-hydroxylation sites is 1. The number of hydrogen-bond acceptors (Lipinski definition) is 5. The molecule has 0 radical (unpaired) electrons. The van der Waals surface area contributed by atoms with Crippen molar-refractivity contribution in [3.8, 4) is 0 Å². The van der Waals surface area contributed by atoms with Gasteiger partial charge in [0.05, 0.1) is 11.3 Å². The maximum Gasteiger partial charge on any atom is 0.257 e. The summed E-state index contributed by atoms with van der Waals surface area (Å²) in [5, 5.41) is 14.3. The molecule has 32 heavy (non-hydrogen) atoms. The first kappa shape index (κ1) is 21.5. The predicted molar refractivity (Wildman–Crippen MR) is 123 cm³/mol. The molecule has 4 aromatic rings. The fourth-order valence-electron chi connectivity index (χ4n) is 3.19. The maximum atomic E-state index is 13.4. The van der Waals surface area contributed by atoms with E-state index in [0.29, 0.717) is 22.1 Å². The first-order valence-electron chi connectivity index (χ1n) is 9.81. The van der Waals surface area contributed by atoms with Crippen LogP contribution in [-0.4, -0.2) is 32.2 Å². The highest BCUT2D eigenvalue weighted by molar-refractivity contribution is 7.99. The number of fused-ring (bicyclic) bond motifs is 1. The Bertz CT molecular complexity index is 1300. The van der Waals surface area contributed by atoms with Crippen LogP contribution in [0.15, 0.2) is 66.0 Å². The number of anilines is 2. The van der Waals surface area contributed by atoms with Crippen molar-refractivity contribution in [3.63, 3.8) is 0 Å². The van der Waals surface area contributed by atoms with Gasteiger partial charge in [0.15, 0.2) is 10.8 Å². The van der Waals surface area contributed by atoms with Crippen molar-refractivity contribution in [2.45, 2.75) is 19.0 Å². The molecule has 2 heterocycles. The quantitative estimate of drug-likeness (QED) is 0.424. The van der Waals surface area contributed by atoms with Crippen LogP contribution in [0.3, 0.4) is 0 Å². The second kappa shape index (κ2) is 9.19. The third-order valence-corrected chi connectivity index (χ3v) is 5.74. The summed E-state index contributed by atoms with van der Waals surface area (Å²) >= 11 is 1.22. The van der Waals surface area contributed by atoms with E-state index in [1.54, 1.807) is 28.8 Å². The summed E-state index contributed by atoms with van der Waals surface area (Å²) in [6.07, 6.45) is 1.59. The van der Waals surface area contributed by atoms with Crippen molar-refractivity contribution >= 4 is 40.6 Å². The number of amides is 2. The number of nitrogens with zero attached hydrogens (tertiary/aromatic N) is 3. The number of aryl methyl sites for hydroxylation is 2. The Morgan fingerprint density at radius 3 is 2.50 bits per heavy atom. The molecule has 2 N–H and O–H groups in total. The average Bonchev–Trinajstić information content (AvgIpc) is 3.17. The Balaban J connectivity index is 1.46. The highest BCUT2D eigenvalue weighted by atomic mass is 32.2. The fourth-order valence-corrected chi connectivity index (χ4v) is 3.91. The van der Waals surface area contributed by atoms with Crippen molar-refractivity contribution in [2.75, 3.05) is 16.4 Å². The number of carbonyl (C=O) groups excluding carboxylic acids is 2. The number of carbonyl (C=O) groups is 2. The number of hydrogen-bond donors (Lipinski definition) is 2. The van der Waals surface area contributed by atoms with E-state index in [1.807, 2.05) is 32.0 Å². The summed E-state index contributed by atoms with van der Waals surface area (Å²) in [5.74, 6) is -0.858. The second-order valence-corrected chi connectivity index (χ2v) is 8.14. The summed E-state index contributed by atoms with van der Waals surface area (Å²) in [6, 6.07) is 14.8. The van der Waals surface area contributed by atoms with Gasteiger partial charge in [-0.2, -0.15) is 0 Å². The van der Waals surface area contributed by atoms with Gasteiger partial charge in [0.25, 0.3) is 5.91 Å². The Kier molecular flexibility index (Phi) is 6.18. The molecule has 0 aliphatic rings. The van der Waals surface area contributed by atoms with Gasteiger partial charge < -0.3 is 10.6 Å². The molecular formula is C23H20FN5O2S. The van der Waals surface area contributed by atoms with E-state index >= 15 is 0 Å². The number of thioether (sulfide) groups is 1. The third kappa shape index (κ3) is 4.78. The van der Waals surface area contributed by atoms with Crippen molar-refractivity contribution in [1.82, 2.24) is 14.6 Å². The van der Waals surface area contributed by atoms with Crippen molar-refractivity contribution < 1.29 is 14.0 Å². The van der Waals surface area contributed by atoms with Gasteiger partial charge in [-0.05, 0) is 55.3 Å². The van der Waals surface area contributed by atoms with Gasteiger partial charge in [-0.3, -0.25) is 14.0 Å².